The van der Waals surface area contributed by atoms with Crippen LogP contribution in [-0.4, -0.2) is 32.1 Å². The lowest BCUT2D eigenvalue weighted by Gasteiger charge is -2.31. The maximum absolute atomic E-state index is 15.5. The average molecular weight is 574 g/mol. The topological polar surface area (TPSA) is 49.8 Å². The van der Waals surface area contributed by atoms with Gasteiger partial charge in [0.1, 0.15) is 0 Å². The minimum absolute atomic E-state index is 0.114. The van der Waals surface area contributed by atoms with Crippen LogP contribution in [0.2, 0.25) is 23.7 Å². The third kappa shape index (κ3) is 3.86. The summed E-state index contributed by atoms with van der Waals surface area (Å²) in [6.07, 6.45) is -0.211. The number of carbonyl (C=O) groups excluding carboxylic acids is 1. The number of fused-ring (bicyclic) bond motifs is 2. The number of anilines is 1. The molecule has 8 heteroatoms. The van der Waals surface area contributed by atoms with Gasteiger partial charge in [-0.25, -0.2) is 0 Å². The van der Waals surface area contributed by atoms with E-state index < -0.39 is 25.7 Å². The van der Waals surface area contributed by atoms with E-state index in [1.807, 2.05) is 37.3 Å². The van der Waals surface area contributed by atoms with Gasteiger partial charge in [-0.2, -0.15) is 0 Å². The normalized spacial score (nSPS) is 27.9. The van der Waals surface area contributed by atoms with E-state index in [0.29, 0.717) is 23.6 Å². The Morgan fingerprint density at radius 2 is 2.03 bits per heavy atom. The Bertz CT molecular complexity index is 1020. The number of carbonyl (C=O) groups is 1. The first-order chi connectivity index (χ1) is 14.6. The maximum Gasteiger partial charge on any atom is 0.264 e. The van der Waals surface area contributed by atoms with Crippen molar-refractivity contribution in [1.82, 2.24) is 0 Å². The molecule has 2 aromatic rings. The van der Waals surface area contributed by atoms with Crippen molar-refractivity contribution in [2.75, 3.05) is 11.5 Å². The summed E-state index contributed by atoms with van der Waals surface area (Å²) >= 11 is 8.59. The van der Waals surface area contributed by atoms with Gasteiger partial charge in [0.2, 0.25) is 8.41 Å². The number of nitrogens with zero attached hydrogens (tertiary/aromatic N) is 1. The van der Waals surface area contributed by atoms with Crippen LogP contribution in [0.5, 0.6) is 0 Å². The molecule has 1 saturated heterocycles. The van der Waals surface area contributed by atoms with Gasteiger partial charge in [0.15, 0.2) is 5.60 Å². The van der Waals surface area contributed by atoms with Crippen molar-refractivity contribution >= 4 is 54.2 Å². The molecule has 4 atom stereocenters. The number of hydrogen-bond donors (Lipinski definition) is 1. The average Bonchev–Trinajstić information content (AvgIpc) is 3.10. The van der Waals surface area contributed by atoms with Crippen molar-refractivity contribution in [3.05, 3.63) is 62.2 Å². The summed E-state index contributed by atoms with van der Waals surface area (Å²) in [5.41, 5.74) is 0.762. The van der Waals surface area contributed by atoms with Crippen molar-refractivity contribution in [3.63, 3.8) is 0 Å². The molecule has 2 aliphatic heterocycles. The first kappa shape index (κ1) is 23.2. The third-order valence-electron chi connectivity index (χ3n) is 6.57. The second-order valence-corrected chi connectivity index (χ2v) is 14.4. The van der Waals surface area contributed by atoms with E-state index in [-0.39, 0.29) is 18.4 Å². The molecule has 0 unspecified atom stereocenters. The number of benzene rings is 2. The van der Waals surface area contributed by atoms with Gasteiger partial charge in [-0.05, 0) is 78.0 Å². The predicted molar refractivity (Wildman–Crippen MR) is 132 cm³/mol. The van der Waals surface area contributed by atoms with Crippen LogP contribution in [0.25, 0.3) is 0 Å². The summed E-state index contributed by atoms with van der Waals surface area (Å²) in [6, 6.07) is 13.4. The molecule has 1 spiro atoms. The quantitative estimate of drug-likeness (QED) is 0.286. The number of halogens is 3. The Balaban J connectivity index is 1.83. The highest BCUT2D eigenvalue weighted by Gasteiger charge is 2.66. The fourth-order valence-electron chi connectivity index (χ4n) is 5.39. The number of hydrogen-bond acceptors (Lipinski definition) is 3. The largest absolute Gasteiger partial charge is 0.396 e. The second-order valence-electron chi connectivity index (χ2n) is 8.97. The summed E-state index contributed by atoms with van der Waals surface area (Å²) in [5, 5.41) is 10.1. The molecular formula is C23H26ClFINO3Si. The lowest BCUT2D eigenvalue weighted by Crippen LogP contribution is -2.45. The Labute approximate surface area is 202 Å². The Morgan fingerprint density at radius 1 is 1.29 bits per heavy atom. The molecule has 1 fully saturated rings. The van der Waals surface area contributed by atoms with Gasteiger partial charge in [0.25, 0.3) is 5.91 Å². The lowest BCUT2D eigenvalue weighted by atomic mass is 9.82. The minimum atomic E-state index is -3.19. The Morgan fingerprint density at radius 3 is 2.68 bits per heavy atom. The highest BCUT2D eigenvalue weighted by Crippen LogP contribution is 2.60. The zero-order chi connectivity index (χ0) is 22.6. The molecule has 2 aliphatic rings. The van der Waals surface area contributed by atoms with Crippen LogP contribution in [0.4, 0.5) is 9.80 Å². The van der Waals surface area contributed by atoms with Crippen LogP contribution in [0.3, 0.4) is 0 Å². The first-order valence-corrected chi connectivity index (χ1v) is 14.8. The fourth-order valence-corrected chi connectivity index (χ4v) is 8.71. The summed E-state index contributed by atoms with van der Waals surface area (Å²) in [4.78, 5) is 15.7. The minimum Gasteiger partial charge on any atom is -0.396 e. The van der Waals surface area contributed by atoms with Crippen molar-refractivity contribution in [2.45, 2.75) is 50.2 Å². The van der Waals surface area contributed by atoms with Gasteiger partial charge in [0, 0.05) is 32.2 Å². The first-order valence-electron chi connectivity index (χ1n) is 10.4. The van der Waals surface area contributed by atoms with Crippen molar-refractivity contribution in [1.29, 1.82) is 0 Å². The van der Waals surface area contributed by atoms with Gasteiger partial charge >= 0.3 is 0 Å². The molecule has 0 saturated carbocycles. The molecule has 2 heterocycles. The molecule has 166 valence electrons. The van der Waals surface area contributed by atoms with E-state index in [2.05, 4.69) is 22.6 Å². The van der Waals surface area contributed by atoms with Crippen LogP contribution in [0, 0.1) is 9.49 Å². The zero-order valence-corrected chi connectivity index (χ0v) is 21.7. The SMILES string of the molecule is C[C@H]1[C@H]([Si](C)(C)F)[C@@H](CCO)O[C@]12C(=O)N(Cc1cccc(I)c1)c1ccc(Cl)cc12. The summed E-state index contributed by atoms with van der Waals surface area (Å²) in [5.74, 6) is -0.554. The zero-order valence-electron chi connectivity index (χ0n) is 17.7. The van der Waals surface area contributed by atoms with Crippen molar-refractivity contribution < 1.29 is 18.7 Å². The summed E-state index contributed by atoms with van der Waals surface area (Å²) < 4.78 is 23.0. The van der Waals surface area contributed by atoms with E-state index in [1.165, 1.54) is 0 Å². The van der Waals surface area contributed by atoms with Crippen LogP contribution < -0.4 is 4.90 Å². The van der Waals surface area contributed by atoms with Gasteiger partial charge < -0.3 is 18.9 Å². The van der Waals surface area contributed by atoms with E-state index in [9.17, 15) is 9.90 Å². The third-order valence-corrected chi connectivity index (χ3v) is 9.93. The smallest absolute Gasteiger partial charge is 0.264 e. The van der Waals surface area contributed by atoms with Gasteiger partial charge in [-0.1, -0.05) is 30.7 Å². The van der Waals surface area contributed by atoms with E-state index in [4.69, 9.17) is 16.3 Å². The number of aliphatic hydroxyl groups is 1. The summed E-state index contributed by atoms with van der Waals surface area (Å²) in [6.45, 7) is 5.50. The van der Waals surface area contributed by atoms with E-state index >= 15 is 4.11 Å². The van der Waals surface area contributed by atoms with Gasteiger partial charge in [-0.15, -0.1) is 0 Å². The molecule has 4 rings (SSSR count). The highest BCUT2D eigenvalue weighted by atomic mass is 127. The van der Waals surface area contributed by atoms with Crippen LogP contribution in [0.1, 0.15) is 24.5 Å². The predicted octanol–water partition coefficient (Wildman–Crippen LogP) is 5.65. The molecule has 31 heavy (non-hydrogen) atoms. The van der Waals surface area contributed by atoms with Crippen LogP contribution in [-0.2, 0) is 21.7 Å². The van der Waals surface area contributed by atoms with Crippen LogP contribution >= 0.6 is 34.2 Å². The molecular weight excluding hydrogens is 548 g/mol. The Hall–Kier alpha value is -1.00. The lowest BCUT2D eigenvalue weighted by molar-refractivity contribution is -0.146. The molecule has 1 amide bonds. The van der Waals surface area contributed by atoms with Crippen molar-refractivity contribution in [2.24, 2.45) is 5.92 Å². The molecule has 2 aromatic carbocycles. The molecule has 0 aromatic heterocycles. The number of rotatable bonds is 5. The number of aliphatic hydroxyl groups excluding tert-OH is 1. The fraction of sp³-hybridized carbons (Fsp3) is 0.435. The van der Waals surface area contributed by atoms with E-state index in [0.717, 1.165) is 14.8 Å². The molecule has 1 N–H and O–H groups in total. The number of ether oxygens (including phenoxy) is 1. The van der Waals surface area contributed by atoms with Crippen molar-refractivity contribution in [3.8, 4) is 0 Å². The molecule has 4 nitrogen and oxygen atoms in total. The number of amides is 1. The van der Waals surface area contributed by atoms with E-state index in [1.54, 1.807) is 30.1 Å². The van der Waals surface area contributed by atoms with Gasteiger partial charge in [-0.3, -0.25) is 4.79 Å². The maximum atomic E-state index is 15.5. The standard InChI is InChI=1S/C23H26ClFINO3Si/c1-14-21(31(2,3)25)20(9-10-28)30-23(14)18-12-16(24)7-8-19(18)27(22(23)29)13-15-5-4-6-17(26)11-15/h4-8,11-12,14,20-21,28H,9-10,13H2,1-3H3/t14-,20+,21-,23+/m0/s1. The van der Waals surface area contributed by atoms with Gasteiger partial charge in [0.05, 0.1) is 18.3 Å². The second kappa shape index (κ2) is 8.41. The molecule has 0 radical (unpaired) electrons. The Kier molecular flexibility index (Phi) is 6.28. The molecule has 0 aliphatic carbocycles. The summed E-state index contributed by atoms with van der Waals surface area (Å²) in [7, 11) is -3.19. The van der Waals surface area contributed by atoms with Crippen LogP contribution in [0.15, 0.2) is 42.5 Å². The molecule has 0 bridgehead atoms. The highest BCUT2D eigenvalue weighted by molar-refractivity contribution is 14.1. The monoisotopic (exact) mass is 573 g/mol.